The van der Waals surface area contributed by atoms with Gasteiger partial charge in [0, 0.05) is 12.6 Å². The SMILES string of the molecule is CCCCCCCCc1nc2nccc(N)n2n1. The molecule has 0 saturated heterocycles. The highest BCUT2D eigenvalue weighted by atomic mass is 15.3. The zero-order chi connectivity index (χ0) is 12.8. The molecule has 0 aliphatic carbocycles. The Morgan fingerprint density at radius 2 is 1.94 bits per heavy atom. The first kappa shape index (κ1) is 12.8. The maximum absolute atomic E-state index is 5.80. The van der Waals surface area contributed by atoms with E-state index in [9.17, 15) is 0 Å². The van der Waals surface area contributed by atoms with Crippen LogP contribution in [-0.4, -0.2) is 19.6 Å². The van der Waals surface area contributed by atoms with E-state index in [1.165, 1.54) is 32.1 Å². The molecule has 5 heteroatoms. The molecule has 2 aromatic heterocycles. The molecule has 0 radical (unpaired) electrons. The van der Waals surface area contributed by atoms with Gasteiger partial charge >= 0.3 is 0 Å². The van der Waals surface area contributed by atoms with Gasteiger partial charge in [-0.1, -0.05) is 39.0 Å². The van der Waals surface area contributed by atoms with Crippen LogP contribution in [0, 0.1) is 0 Å². The highest BCUT2D eigenvalue weighted by molar-refractivity contribution is 5.38. The zero-order valence-corrected chi connectivity index (χ0v) is 11.0. The van der Waals surface area contributed by atoms with E-state index < -0.39 is 0 Å². The summed E-state index contributed by atoms with van der Waals surface area (Å²) >= 11 is 0. The topological polar surface area (TPSA) is 69.1 Å². The standard InChI is InChI=1S/C13H21N5/c1-2-3-4-5-6-7-8-12-16-13-15-10-9-11(14)18(13)17-12/h9-10H,2-8,14H2,1H3. The summed E-state index contributed by atoms with van der Waals surface area (Å²) in [5.74, 6) is 2.02. The fourth-order valence-corrected chi connectivity index (χ4v) is 2.02. The minimum absolute atomic E-state index is 0.585. The molecular weight excluding hydrogens is 226 g/mol. The van der Waals surface area contributed by atoms with Gasteiger partial charge in [-0.15, -0.1) is 5.10 Å². The Balaban J connectivity index is 1.83. The van der Waals surface area contributed by atoms with E-state index in [0.717, 1.165) is 18.7 Å². The molecule has 0 fully saturated rings. The Morgan fingerprint density at radius 1 is 1.17 bits per heavy atom. The lowest BCUT2D eigenvalue weighted by Crippen LogP contribution is -1.99. The van der Waals surface area contributed by atoms with E-state index in [2.05, 4.69) is 22.0 Å². The van der Waals surface area contributed by atoms with Crippen LogP contribution in [0.4, 0.5) is 5.82 Å². The average Bonchev–Trinajstić information content (AvgIpc) is 2.78. The maximum Gasteiger partial charge on any atom is 0.254 e. The van der Waals surface area contributed by atoms with Gasteiger partial charge in [-0.05, 0) is 12.5 Å². The van der Waals surface area contributed by atoms with Crippen LogP contribution in [0.2, 0.25) is 0 Å². The molecule has 0 atom stereocenters. The highest BCUT2D eigenvalue weighted by Gasteiger charge is 2.05. The second-order valence-electron chi connectivity index (χ2n) is 4.63. The van der Waals surface area contributed by atoms with E-state index in [4.69, 9.17) is 5.73 Å². The van der Waals surface area contributed by atoms with Gasteiger partial charge in [0.25, 0.3) is 5.78 Å². The lowest BCUT2D eigenvalue weighted by atomic mass is 10.1. The summed E-state index contributed by atoms with van der Waals surface area (Å²) in [6, 6.07) is 1.73. The van der Waals surface area contributed by atoms with Crippen molar-refractivity contribution in [2.45, 2.75) is 51.9 Å². The number of hydrogen-bond acceptors (Lipinski definition) is 4. The third-order valence-corrected chi connectivity index (χ3v) is 3.07. The zero-order valence-electron chi connectivity index (χ0n) is 11.0. The van der Waals surface area contributed by atoms with Crippen molar-refractivity contribution in [1.29, 1.82) is 0 Å². The predicted molar refractivity (Wildman–Crippen MR) is 72.3 cm³/mol. The maximum atomic E-state index is 5.80. The van der Waals surface area contributed by atoms with E-state index in [-0.39, 0.29) is 0 Å². The molecule has 2 rings (SSSR count). The summed E-state index contributed by atoms with van der Waals surface area (Å²) in [6.07, 6.45) is 10.2. The number of nitrogens with zero attached hydrogens (tertiary/aromatic N) is 4. The Labute approximate surface area is 107 Å². The van der Waals surface area contributed by atoms with Crippen molar-refractivity contribution in [3.8, 4) is 0 Å². The monoisotopic (exact) mass is 247 g/mol. The van der Waals surface area contributed by atoms with E-state index in [0.29, 0.717) is 11.6 Å². The van der Waals surface area contributed by atoms with E-state index in [1.54, 1.807) is 16.8 Å². The Bertz CT molecular complexity index is 491. The highest BCUT2D eigenvalue weighted by Crippen LogP contribution is 2.09. The lowest BCUT2D eigenvalue weighted by Gasteiger charge is -1.98. The Hall–Kier alpha value is -1.65. The Kier molecular flexibility index (Phi) is 4.50. The molecule has 0 aromatic carbocycles. The van der Waals surface area contributed by atoms with Crippen molar-refractivity contribution in [3.63, 3.8) is 0 Å². The summed E-state index contributed by atoms with van der Waals surface area (Å²) < 4.78 is 1.60. The molecule has 0 spiro atoms. The number of nitrogens with two attached hydrogens (primary N) is 1. The summed E-state index contributed by atoms with van der Waals surface area (Å²) in [7, 11) is 0. The number of aromatic nitrogens is 4. The van der Waals surface area contributed by atoms with Crippen LogP contribution in [-0.2, 0) is 6.42 Å². The largest absolute Gasteiger partial charge is 0.383 e. The van der Waals surface area contributed by atoms with Gasteiger partial charge in [-0.25, -0.2) is 4.98 Å². The van der Waals surface area contributed by atoms with Gasteiger partial charge in [0.2, 0.25) is 0 Å². The van der Waals surface area contributed by atoms with Crippen LogP contribution in [0.3, 0.4) is 0 Å². The Morgan fingerprint density at radius 3 is 2.72 bits per heavy atom. The first-order valence-electron chi connectivity index (χ1n) is 6.77. The van der Waals surface area contributed by atoms with Crippen LogP contribution in [0.25, 0.3) is 5.78 Å². The number of anilines is 1. The summed E-state index contributed by atoms with van der Waals surface area (Å²) in [5.41, 5.74) is 5.80. The number of hydrogen-bond donors (Lipinski definition) is 1. The molecule has 0 saturated carbocycles. The van der Waals surface area contributed by atoms with Gasteiger partial charge in [0.05, 0.1) is 0 Å². The lowest BCUT2D eigenvalue weighted by molar-refractivity contribution is 0.601. The molecule has 0 unspecified atom stereocenters. The van der Waals surface area contributed by atoms with Crippen LogP contribution in [0.5, 0.6) is 0 Å². The average molecular weight is 247 g/mol. The summed E-state index contributed by atoms with van der Waals surface area (Å²) in [6.45, 7) is 2.23. The smallest absolute Gasteiger partial charge is 0.254 e. The third-order valence-electron chi connectivity index (χ3n) is 3.07. The van der Waals surface area contributed by atoms with Gasteiger partial charge in [0.1, 0.15) is 5.82 Å². The number of fused-ring (bicyclic) bond motifs is 1. The molecule has 2 heterocycles. The predicted octanol–water partition coefficient (Wildman–Crippen LogP) is 2.61. The van der Waals surface area contributed by atoms with E-state index in [1.807, 2.05) is 0 Å². The fourth-order valence-electron chi connectivity index (χ4n) is 2.02. The number of unbranched alkanes of at least 4 members (excludes halogenated alkanes) is 5. The van der Waals surface area contributed by atoms with Crippen molar-refractivity contribution in [1.82, 2.24) is 19.6 Å². The van der Waals surface area contributed by atoms with Crippen LogP contribution in [0.15, 0.2) is 12.3 Å². The molecule has 98 valence electrons. The van der Waals surface area contributed by atoms with Gasteiger partial charge in [-0.2, -0.15) is 9.50 Å². The van der Waals surface area contributed by atoms with Crippen molar-refractivity contribution in [3.05, 3.63) is 18.1 Å². The molecule has 2 aromatic rings. The molecule has 18 heavy (non-hydrogen) atoms. The van der Waals surface area contributed by atoms with Gasteiger partial charge < -0.3 is 5.73 Å². The van der Waals surface area contributed by atoms with Crippen molar-refractivity contribution >= 4 is 11.6 Å². The molecule has 0 aliphatic heterocycles. The first-order chi connectivity index (χ1) is 8.81. The molecular formula is C13H21N5. The van der Waals surface area contributed by atoms with E-state index >= 15 is 0 Å². The molecule has 2 N–H and O–H groups in total. The number of nitrogen functional groups attached to an aromatic ring is 1. The van der Waals surface area contributed by atoms with Crippen LogP contribution >= 0.6 is 0 Å². The third kappa shape index (κ3) is 3.18. The normalized spacial score (nSPS) is 11.2. The quantitative estimate of drug-likeness (QED) is 0.763. The summed E-state index contributed by atoms with van der Waals surface area (Å²) in [5, 5.41) is 4.36. The van der Waals surface area contributed by atoms with Crippen molar-refractivity contribution in [2.24, 2.45) is 0 Å². The van der Waals surface area contributed by atoms with Crippen LogP contribution < -0.4 is 5.73 Å². The first-order valence-corrected chi connectivity index (χ1v) is 6.77. The number of rotatable bonds is 7. The fraction of sp³-hybridized carbons (Fsp3) is 0.615. The molecule has 5 nitrogen and oxygen atoms in total. The molecule has 0 amide bonds. The van der Waals surface area contributed by atoms with Gasteiger partial charge in [-0.3, -0.25) is 0 Å². The molecule has 0 aliphatic rings. The number of aryl methyl sites for hydroxylation is 1. The minimum atomic E-state index is 0.585. The van der Waals surface area contributed by atoms with Crippen molar-refractivity contribution in [2.75, 3.05) is 5.73 Å². The minimum Gasteiger partial charge on any atom is -0.383 e. The van der Waals surface area contributed by atoms with Gasteiger partial charge in [0.15, 0.2) is 5.82 Å². The van der Waals surface area contributed by atoms with Crippen molar-refractivity contribution < 1.29 is 0 Å². The second kappa shape index (κ2) is 6.33. The molecule has 0 bridgehead atoms. The van der Waals surface area contributed by atoms with Crippen LogP contribution in [0.1, 0.15) is 51.3 Å². The second-order valence-corrected chi connectivity index (χ2v) is 4.63. The summed E-state index contributed by atoms with van der Waals surface area (Å²) in [4.78, 5) is 8.51.